The van der Waals surface area contributed by atoms with Crippen LogP contribution in [0.1, 0.15) is 36.2 Å². The van der Waals surface area contributed by atoms with E-state index >= 15 is 0 Å². The van der Waals surface area contributed by atoms with Gasteiger partial charge in [-0.2, -0.15) is 32.1 Å². The highest BCUT2D eigenvalue weighted by atomic mass is 32.2. The molecule has 0 saturated heterocycles. The van der Waals surface area contributed by atoms with Gasteiger partial charge in [-0.15, -0.1) is 0 Å². The molecule has 0 aliphatic rings. The predicted molar refractivity (Wildman–Crippen MR) is 89.3 cm³/mol. The number of nitrogens with one attached hydrogen (secondary N) is 1. The highest BCUT2D eigenvalue weighted by Crippen LogP contribution is 2.28. The fraction of sp³-hybridized carbons (Fsp3) is 0.600. The lowest BCUT2D eigenvalue weighted by molar-refractivity contribution is -0.141. The number of rotatable bonds is 7. The van der Waals surface area contributed by atoms with Crippen LogP contribution in [0.15, 0.2) is 11.0 Å². The lowest BCUT2D eigenvalue weighted by atomic mass is 10.2. The fourth-order valence-corrected chi connectivity index (χ4v) is 4.30. The fourth-order valence-electron chi connectivity index (χ4n) is 2.74. The van der Waals surface area contributed by atoms with Crippen molar-refractivity contribution >= 4 is 10.0 Å². The molecule has 158 valence electrons. The minimum Gasteiger partial charge on any atom is -0.269 e. The zero-order valence-corrected chi connectivity index (χ0v) is 16.4. The summed E-state index contributed by atoms with van der Waals surface area (Å²) in [6, 6.07) is 0.905. The molecule has 2 rings (SSSR count). The molecule has 2 aromatic heterocycles. The molecular formula is C15H20F5N5O2S. The summed E-state index contributed by atoms with van der Waals surface area (Å²) in [6.45, 7) is 2.54. The third kappa shape index (κ3) is 4.69. The summed E-state index contributed by atoms with van der Waals surface area (Å²) in [6.07, 6.45) is -4.57. The third-order valence-corrected chi connectivity index (χ3v) is 5.77. The number of nitrogens with zero attached hydrogens (tertiary/aromatic N) is 4. The van der Waals surface area contributed by atoms with E-state index in [1.165, 1.54) is 20.8 Å². The van der Waals surface area contributed by atoms with Crippen molar-refractivity contribution in [3.63, 3.8) is 0 Å². The van der Waals surface area contributed by atoms with Crippen LogP contribution in [0.2, 0.25) is 0 Å². The number of aryl methyl sites for hydroxylation is 2. The SMILES string of the molecule is Cc1nn(C(F)F)c(C)c1S(=O)(=O)NC[C@H](C)Cn1nc(C(F)(F)F)cc1C. The maximum Gasteiger partial charge on any atom is 0.435 e. The standard InChI is InChI=1S/C15H20F5N5O2S/c1-8(7-24-9(2)5-12(23-24)15(18,19)20)6-21-28(26,27)13-10(3)22-25(11(13)4)14(16)17/h5,8,14,21H,6-7H2,1-4H3/t8-/m0/s1. The largest absolute Gasteiger partial charge is 0.435 e. The van der Waals surface area contributed by atoms with E-state index in [2.05, 4.69) is 14.9 Å². The number of aromatic nitrogens is 4. The quantitative estimate of drug-likeness (QED) is 0.686. The van der Waals surface area contributed by atoms with Gasteiger partial charge in [-0.1, -0.05) is 6.92 Å². The number of alkyl halides is 5. The second kappa shape index (κ2) is 7.78. The second-order valence-corrected chi connectivity index (χ2v) is 8.23. The Kier molecular flexibility index (Phi) is 6.19. The Labute approximate surface area is 158 Å². The molecule has 0 aromatic carbocycles. The summed E-state index contributed by atoms with van der Waals surface area (Å²) in [5.41, 5.74) is -1.02. The van der Waals surface area contributed by atoms with E-state index in [9.17, 15) is 30.4 Å². The summed E-state index contributed by atoms with van der Waals surface area (Å²) in [5.74, 6) is -0.416. The van der Waals surface area contributed by atoms with Crippen molar-refractivity contribution in [1.82, 2.24) is 24.3 Å². The van der Waals surface area contributed by atoms with Crippen molar-refractivity contribution in [3.8, 4) is 0 Å². The van der Waals surface area contributed by atoms with Gasteiger partial charge < -0.3 is 0 Å². The topological polar surface area (TPSA) is 81.8 Å². The van der Waals surface area contributed by atoms with E-state index in [0.717, 1.165) is 10.7 Å². The van der Waals surface area contributed by atoms with Crippen molar-refractivity contribution in [3.05, 3.63) is 28.8 Å². The number of sulfonamides is 1. The van der Waals surface area contributed by atoms with E-state index in [1.807, 2.05) is 0 Å². The number of hydrogen-bond donors (Lipinski definition) is 1. The Bertz CT molecular complexity index is 949. The van der Waals surface area contributed by atoms with Crippen LogP contribution in [0.5, 0.6) is 0 Å². The first-order valence-electron chi connectivity index (χ1n) is 8.19. The van der Waals surface area contributed by atoms with Gasteiger partial charge in [0.15, 0.2) is 5.69 Å². The van der Waals surface area contributed by atoms with Crippen LogP contribution < -0.4 is 4.72 Å². The molecular weight excluding hydrogens is 409 g/mol. The van der Waals surface area contributed by atoms with Crippen LogP contribution in [0.4, 0.5) is 22.0 Å². The van der Waals surface area contributed by atoms with Crippen molar-refractivity contribution in [2.75, 3.05) is 6.54 Å². The van der Waals surface area contributed by atoms with Gasteiger partial charge >= 0.3 is 12.7 Å². The number of halogens is 5. The zero-order valence-electron chi connectivity index (χ0n) is 15.5. The average Bonchev–Trinajstić information content (AvgIpc) is 3.06. The monoisotopic (exact) mass is 429 g/mol. The zero-order chi connectivity index (χ0) is 21.4. The Balaban J connectivity index is 2.11. The molecule has 0 unspecified atom stereocenters. The van der Waals surface area contributed by atoms with Crippen LogP contribution in [0.25, 0.3) is 0 Å². The van der Waals surface area contributed by atoms with Gasteiger partial charge in [-0.25, -0.2) is 17.8 Å². The first-order chi connectivity index (χ1) is 12.7. The molecule has 0 aliphatic carbocycles. The number of hydrogen-bond acceptors (Lipinski definition) is 4. The molecule has 28 heavy (non-hydrogen) atoms. The summed E-state index contributed by atoms with van der Waals surface area (Å²) in [7, 11) is -4.13. The summed E-state index contributed by atoms with van der Waals surface area (Å²) in [4.78, 5) is -0.338. The highest BCUT2D eigenvalue weighted by Gasteiger charge is 2.34. The molecule has 0 aliphatic heterocycles. The van der Waals surface area contributed by atoms with Crippen LogP contribution in [0, 0.1) is 26.7 Å². The minimum atomic E-state index is -4.57. The van der Waals surface area contributed by atoms with Gasteiger partial charge in [-0.05, 0) is 32.8 Å². The van der Waals surface area contributed by atoms with E-state index in [1.54, 1.807) is 6.92 Å². The van der Waals surface area contributed by atoms with E-state index < -0.39 is 34.4 Å². The maximum atomic E-state index is 12.9. The van der Waals surface area contributed by atoms with Gasteiger partial charge in [0.05, 0.1) is 11.4 Å². The molecule has 0 fully saturated rings. The summed E-state index contributed by atoms with van der Waals surface area (Å²) >= 11 is 0. The van der Waals surface area contributed by atoms with Crippen molar-refractivity contribution in [1.29, 1.82) is 0 Å². The Morgan fingerprint density at radius 2 is 1.79 bits per heavy atom. The molecule has 0 amide bonds. The summed E-state index contributed by atoms with van der Waals surface area (Å²) < 4.78 is 92.7. The molecule has 2 aromatic rings. The minimum absolute atomic E-state index is 0.0404. The van der Waals surface area contributed by atoms with Crippen LogP contribution in [-0.2, 0) is 22.7 Å². The van der Waals surface area contributed by atoms with Crippen LogP contribution in [0.3, 0.4) is 0 Å². The van der Waals surface area contributed by atoms with Crippen LogP contribution >= 0.6 is 0 Å². The Morgan fingerprint density at radius 1 is 1.18 bits per heavy atom. The lowest BCUT2D eigenvalue weighted by Gasteiger charge is -2.14. The molecule has 2 heterocycles. The molecule has 1 N–H and O–H groups in total. The average molecular weight is 429 g/mol. The van der Waals surface area contributed by atoms with E-state index in [-0.39, 0.29) is 35.1 Å². The molecule has 0 saturated carbocycles. The smallest absolute Gasteiger partial charge is 0.269 e. The Morgan fingerprint density at radius 3 is 2.25 bits per heavy atom. The van der Waals surface area contributed by atoms with Gasteiger partial charge in [-0.3, -0.25) is 4.68 Å². The van der Waals surface area contributed by atoms with Crippen LogP contribution in [-0.4, -0.2) is 34.5 Å². The second-order valence-electron chi connectivity index (χ2n) is 6.53. The summed E-state index contributed by atoms with van der Waals surface area (Å²) in [5, 5.41) is 7.03. The van der Waals surface area contributed by atoms with Gasteiger partial charge in [0, 0.05) is 18.8 Å². The van der Waals surface area contributed by atoms with Gasteiger partial charge in [0.25, 0.3) is 0 Å². The van der Waals surface area contributed by atoms with Gasteiger partial charge in [0.2, 0.25) is 10.0 Å². The normalized spacial score (nSPS) is 14.1. The van der Waals surface area contributed by atoms with Crippen molar-refractivity contribution in [2.45, 2.75) is 51.9 Å². The van der Waals surface area contributed by atoms with Crippen molar-refractivity contribution in [2.24, 2.45) is 5.92 Å². The van der Waals surface area contributed by atoms with Gasteiger partial charge in [0.1, 0.15) is 4.90 Å². The molecule has 0 spiro atoms. The Hall–Kier alpha value is -2.02. The molecule has 13 heteroatoms. The molecule has 7 nitrogen and oxygen atoms in total. The van der Waals surface area contributed by atoms with Crippen molar-refractivity contribution < 1.29 is 30.4 Å². The molecule has 0 radical (unpaired) electrons. The highest BCUT2D eigenvalue weighted by molar-refractivity contribution is 7.89. The molecule has 1 atom stereocenters. The first-order valence-corrected chi connectivity index (χ1v) is 9.67. The lowest BCUT2D eigenvalue weighted by Crippen LogP contribution is -2.31. The third-order valence-electron chi connectivity index (χ3n) is 4.09. The predicted octanol–water partition coefficient (Wildman–Crippen LogP) is 3.03. The molecule has 0 bridgehead atoms. The maximum absolute atomic E-state index is 12.9. The van der Waals surface area contributed by atoms with E-state index in [4.69, 9.17) is 0 Å². The van der Waals surface area contributed by atoms with E-state index in [0.29, 0.717) is 4.68 Å². The first kappa shape index (κ1) is 22.3.